The molecule has 1 aliphatic rings. The highest BCUT2D eigenvalue weighted by Gasteiger charge is 2.37. The van der Waals surface area contributed by atoms with Crippen LogP contribution in [0.3, 0.4) is 0 Å². The van der Waals surface area contributed by atoms with E-state index < -0.39 is 0 Å². The van der Waals surface area contributed by atoms with Gasteiger partial charge in [-0.05, 0) is 29.9 Å². The molecular formula is C19H20N6O. The first kappa shape index (κ1) is 16.3. The fourth-order valence-corrected chi connectivity index (χ4v) is 3.14. The topological polar surface area (TPSA) is 84.7 Å². The summed E-state index contributed by atoms with van der Waals surface area (Å²) in [7, 11) is 0. The molecule has 26 heavy (non-hydrogen) atoms. The van der Waals surface area contributed by atoms with Gasteiger partial charge in [-0.25, -0.2) is 19.4 Å². The van der Waals surface area contributed by atoms with Gasteiger partial charge in [-0.2, -0.15) is 5.10 Å². The third-order valence-corrected chi connectivity index (χ3v) is 4.62. The van der Waals surface area contributed by atoms with E-state index in [4.69, 9.17) is 0 Å². The zero-order chi connectivity index (χ0) is 17.8. The van der Waals surface area contributed by atoms with Crippen LogP contribution in [0.2, 0.25) is 0 Å². The highest BCUT2D eigenvalue weighted by molar-refractivity contribution is 5.74. The average Bonchev–Trinajstić information content (AvgIpc) is 3.27. The summed E-state index contributed by atoms with van der Waals surface area (Å²) in [5, 5.41) is 9.94. The Morgan fingerprint density at radius 2 is 2.04 bits per heavy atom. The van der Waals surface area contributed by atoms with Crippen molar-refractivity contribution in [2.75, 3.05) is 6.54 Å². The maximum absolute atomic E-state index is 12.1. The molecule has 1 aromatic carbocycles. The summed E-state index contributed by atoms with van der Waals surface area (Å²) >= 11 is 0. The molecule has 2 aromatic heterocycles. The zero-order valence-corrected chi connectivity index (χ0v) is 14.2. The molecule has 1 saturated carbocycles. The van der Waals surface area contributed by atoms with Gasteiger partial charge < -0.3 is 10.6 Å². The summed E-state index contributed by atoms with van der Waals surface area (Å²) in [6, 6.07) is 14.0. The molecule has 132 valence electrons. The maximum Gasteiger partial charge on any atom is 0.315 e. The standard InChI is InChI=1S/C19H20N6O/c26-19(23-11-16-9-17(16)14-5-2-1-3-6-14)22-10-15-7-4-8-21-18(15)25-13-20-12-24-25/h1-8,12-13,16-17H,9-11H2,(H2,22,23,26)/t16-,17+/m1/s1. The molecule has 2 amide bonds. The van der Waals surface area contributed by atoms with Crippen molar-refractivity contribution in [1.29, 1.82) is 0 Å². The Bertz CT molecular complexity index is 865. The first-order chi connectivity index (χ1) is 12.8. The number of aromatic nitrogens is 4. The summed E-state index contributed by atoms with van der Waals surface area (Å²) in [4.78, 5) is 20.4. The lowest BCUT2D eigenvalue weighted by molar-refractivity contribution is 0.240. The molecule has 0 aliphatic heterocycles. The van der Waals surface area contributed by atoms with Crippen molar-refractivity contribution in [3.05, 3.63) is 72.4 Å². The van der Waals surface area contributed by atoms with Crippen molar-refractivity contribution < 1.29 is 4.79 Å². The van der Waals surface area contributed by atoms with Crippen LogP contribution in [0.25, 0.3) is 5.82 Å². The second-order valence-corrected chi connectivity index (χ2v) is 6.40. The van der Waals surface area contributed by atoms with Crippen LogP contribution in [0.5, 0.6) is 0 Å². The molecule has 0 radical (unpaired) electrons. The Morgan fingerprint density at radius 3 is 2.85 bits per heavy atom. The molecule has 3 aromatic rings. The van der Waals surface area contributed by atoms with Gasteiger partial charge in [-0.15, -0.1) is 0 Å². The van der Waals surface area contributed by atoms with Crippen LogP contribution in [0, 0.1) is 5.92 Å². The third-order valence-electron chi connectivity index (χ3n) is 4.62. The normalized spacial score (nSPS) is 18.3. The Balaban J connectivity index is 1.27. The maximum atomic E-state index is 12.1. The minimum absolute atomic E-state index is 0.169. The largest absolute Gasteiger partial charge is 0.338 e. The van der Waals surface area contributed by atoms with Crippen LogP contribution in [-0.2, 0) is 6.54 Å². The van der Waals surface area contributed by atoms with E-state index in [-0.39, 0.29) is 6.03 Å². The van der Waals surface area contributed by atoms with Crippen LogP contribution in [-0.4, -0.2) is 32.3 Å². The predicted molar refractivity (Wildman–Crippen MR) is 96.7 cm³/mol. The number of urea groups is 1. The Morgan fingerprint density at radius 1 is 1.15 bits per heavy atom. The van der Waals surface area contributed by atoms with Crippen molar-refractivity contribution in [3.8, 4) is 5.82 Å². The predicted octanol–water partition coefficient (Wildman–Crippen LogP) is 2.27. The van der Waals surface area contributed by atoms with E-state index in [0.29, 0.717) is 30.7 Å². The number of rotatable bonds is 6. The highest BCUT2D eigenvalue weighted by Crippen LogP contribution is 2.46. The number of amides is 2. The van der Waals surface area contributed by atoms with Gasteiger partial charge in [0.05, 0.1) is 0 Å². The van der Waals surface area contributed by atoms with Gasteiger partial charge in [0.2, 0.25) is 0 Å². The van der Waals surface area contributed by atoms with Crippen molar-refractivity contribution in [2.45, 2.75) is 18.9 Å². The van der Waals surface area contributed by atoms with Gasteiger partial charge in [-0.1, -0.05) is 36.4 Å². The lowest BCUT2D eigenvalue weighted by Crippen LogP contribution is -2.36. The van der Waals surface area contributed by atoms with Crippen molar-refractivity contribution >= 4 is 6.03 Å². The molecular weight excluding hydrogens is 328 g/mol. The number of hydrogen-bond donors (Lipinski definition) is 2. The summed E-state index contributed by atoms with van der Waals surface area (Å²) in [6.45, 7) is 1.07. The van der Waals surface area contributed by atoms with Gasteiger partial charge in [0.25, 0.3) is 0 Å². The molecule has 1 aliphatic carbocycles. The van der Waals surface area contributed by atoms with E-state index >= 15 is 0 Å². The summed E-state index contributed by atoms with van der Waals surface area (Å²) in [5.41, 5.74) is 2.23. The molecule has 0 spiro atoms. The fourth-order valence-electron chi connectivity index (χ4n) is 3.14. The summed E-state index contributed by atoms with van der Waals surface area (Å²) < 4.78 is 1.59. The number of carbonyl (C=O) groups excluding carboxylic acids is 1. The minimum Gasteiger partial charge on any atom is -0.338 e. The van der Waals surface area contributed by atoms with Crippen LogP contribution in [0.15, 0.2) is 61.3 Å². The Kier molecular flexibility index (Phi) is 4.59. The smallest absolute Gasteiger partial charge is 0.315 e. The number of benzene rings is 1. The molecule has 4 rings (SSSR count). The minimum atomic E-state index is -0.169. The molecule has 0 bridgehead atoms. The zero-order valence-electron chi connectivity index (χ0n) is 14.2. The fraction of sp³-hybridized carbons (Fsp3) is 0.263. The van der Waals surface area contributed by atoms with Gasteiger partial charge in [0.15, 0.2) is 5.82 Å². The lowest BCUT2D eigenvalue weighted by Gasteiger charge is -2.10. The lowest BCUT2D eigenvalue weighted by atomic mass is 10.1. The van der Waals surface area contributed by atoms with Crippen molar-refractivity contribution in [2.24, 2.45) is 5.92 Å². The van der Waals surface area contributed by atoms with Gasteiger partial charge in [0.1, 0.15) is 12.7 Å². The van der Waals surface area contributed by atoms with Crippen LogP contribution >= 0.6 is 0 Å². The molecule has 2 N–H and O–H groups in total. The highest BCUT2D eigenvalue weighted by atomic mass is 16.2. The molecule has 0 unspecified atom stereocenters. The number of nitrogens with one attached hydrogen (secondary N) is 2. The SMILES string of the molecule is O=C(NCc1cccnc1-n1cncn1)NC[C@H]1C[C@H]1c1ccccc1. The van der Waals surface area contributed by atoms with Gasteiger partial charge in [-0.3, -0.25) is 0 Å². The monoisotopic (exact) mass is 348 g/mol. The van der Waals surface area contributed by atoms with Crippen molar-refractivity contribution in [1.82, 2.24) is 30.4 Å². The van der Waals surface area contributed by atoms with Crippen LogP contribution in [0.1, 0.15) is 23.5 Å². The second-order valence-electron chi connectivity index (χ2n) is 6.40. The molecule has 2 atom stereocenters. The van der Waals surface area contributed by atoms with E-state index in [1.165, 1.54) is 11.9 Å². The molecule has 2 heterocycles. The van der Waals surface area contributed by atoms with E-state index in [1.807, 2.05) is 18.2 Å². The van der Waals surface area contributed by atoms with Gasteiger partial charge in [0, 0.05) is 24.8 Å². The van der Waals surface area contributed by atoms with E-state index in [9.17, 15) is 4.79 Å². The van der Waals surface area contributed by atoms with E-state index in [2.05, 4.69) is 50.0 Å². The quantitative estimate of drug-likeness (QED) is 0.716. The van der Waals surface area contributed by atoms with E-state index in [1.54, 1.807) is 17.2 Å². The molecule has 1 fully saturated rings. The molecule has 0 saturated heterocycles. The number of carbonyl (C=O) groups is 1. The first-order valence-corrected chi connectivity index (χ1v) is 8.67. The third kappa shape index (κ3) is 3.72. The molecule has 7 nitrogen and oxygen atoms in total. The number of nitrogens with zero attached hydrogens (tertiary/aromatic N) is 4. The average molecular weight is 348 g/mol. The molecule has 7 heteroatoms. The Hall–Kier alpha value is -3.22. The number of pyridine rings is 1. The van der Waals surface area contributed by atoms with Crippen molar-refractivity contribution in [3.63, 3.8) is 0 Å². The van der Waals surface area contributed by atoms with E-state index in [0.717, 1.165) is 12.0 Å². The van der Waals surface area contributed by atoms with Crippen LogP contribution in [0.4, 0.5) is 4.79 Å². The Labute approximate surface area is 151 Å². The first-order valence-electron chi connectivity index (χ1n) is 8.67. The summed E-state index contributed by atoms with van der Waals surface area (Å²) in [5.74, 6) is 1.75. The summed E-state index contributed by atoms with van der Waals surface area (Å²) in [6.07, 6.45) is 5.86. The van der Waals surface area contributed by atoms with Gasteiger partial charge >= 0.3 is 6.03 Å². The van der Waals surface area contributed by atoms with Crippen LogP contribution < -0.4 is 10.6 Å². The number of hydrogen-bond acceptors (Lipinski definition) is 4. The second kappa shape index (κ2) is 7.35.